The number of nitrogens with zero attached hydrogens (tertiary/aromatic N) is 2. The number of halogens is 1. The molecule has 0 saturated heterocycles. The van der Waals surface area contributed by atoms with Crippen LogP contribution in [0.4, 0.5) is 0 Å². The zero-order chi connectivity index (χ0) is 12.2. The Morgan fingerprint density at radius 3 is 2.69 bits per heavy atom. The van der Waals surface area contributed by atoms with Crippen LogP contribution in [0.15, 0.2) is 22.9 Å². The van der Waals surface area contributed by atoms with E-state index in [4.69, 9.17) is 0 Å². The van der Waals surface area contributed by atoms with Crippen molar-refractivity contribution in [3.05, 3.63) is 28.5 Å². The number of rotatable bonds is 5. The third-order valence-electron chi connectivity index (χ3n) is 2.06. The summed E-state index contributed by atoms with van der Waals surface area (Å²) >= 11 is 3.35. The van der Waals surface area contributed by atoms with Crippen LogP contribution in [0.3, 0.4) is 0 Å². The van der Waals surface area contributed by atoms with Gasteiger partial charge in [-0.2, -0.15) is 0 Å². The SMILES string of the molecule is CN(CCS(C)(=O)=O)Cc1cncc(Br)c1. The maximum absolute atomic E-state index is 11.0. The highest BCUT2D eigenvalue weighted by molar-refractivity contribution is 9.10. The molecule has 6 heteroatoms. The first-order valence-electron chi connectivity index (χ1n) is 4.82. The predicted octanol–water partition coefficient (Wildman–Crippen LogP) is 1.32. The van der Waals surface area contributed by atoms with Crippen LogP contribution in [0.5, 0.6) is 0 Å². The average molecular weight is 307 g/mol. The standard InChI is InChI=1S/C10H15BrN2O2S/c1-13(3-4-16(2,14)15)8-9-5-10(11)7-12-6-9/h5-7H,3-4,8H2,1-2H3. The van der Waals surface area contributed by atoms with E-state index >= 15 is 0 Å². The first-order valence-corrected chi connectivity index (χ1v) is 7.68. The van der Waals surface area contributed by atoms with Crippen molar-refractivity contribution in [3.8, 4) is 0 Å². The Hall–Kier alpha value is -0.460. The number of aromatic nitrogens is 1. The summed E-state index contributed by atoms with van der Waals surface area (Å²) in [6.07, 6.45) is 4.75. The van der Waals surface area contributed by atoms with Gasteiger partial charge in [0, 0.05) is 36.2 Å². The molecule has 0 atom stereocenters. The molecule has 0 aliphatic heterocycles. The van der Waals surface area contributed by atoms with Gasteiger partial charge in [0.15, 0.2) is 0 Å². The third kappa shape index (κ3) is 5.58. The molecule has 16 heavy (non-hydrogen) atoms. The van der Waals surface area contributed by atoms with E-state index in [9.17, 15) is 8.42 Å². The quantitative estimate of drug-likeness (QED) is 0.823. The highest BCUT2D eigenvalue weighted by Crippen LogP contribution is 2.10. The fourth-order valence-corrected chi connectivity index (χ4v) is 2.31. The van der Waals surface area contributed by atoms with Gasteiger partial charge in [0.2, 0.25) is 0 Å². The van der Waals surface area contributed by atoms with Crippen molar-refractivity contribution in [1.82, 2.24) is 9.88 Å². The highest BCUT2D eigenvalue weighted by atomic mass is 79.9. The fraction of sp³-hybridized carbons (Fsp3) is 0.500. The Morgan fingerprint density at radius 1 is 1.44 bits per heavy atom. The second-order valence-corrected chi connectivity index (χ2v) is 7.05. The molecule has 0 amide bonds. The van der Waals surface area contributed by atoms with Crippen molar-refractivity contribution in [1.29, 1.82) is 0 Å². The molecule has 0 radical (unpaired) electrons. The Balaban J connectivity index is 2.49. The van der Waals surface area contributed by atoms with E-state index < -0.39 is 9.84 Å². The van der Waals surface area contributed by atoms with Crippen molar-refractivity contribution in [2.24, 2.45) is 0 Å². The Labute approximate surface area is 105 Å². The van der Waals surface area contributed by atoms with Crippen LogP contribution in [-0.2, 0) is 16.4 Å². The van der Waals surface area contributed by atoms with Crippen LogP contribution in [0.2, 0.25) is 0 Å². The molecule has 1 rings (SSSR count). The summed E-state index contributed by atoms with van der Waals surface area (Å²) in [5.74, 6) is 0.185. The largest absolute Gasteiger partial charge is 0.301 e. The van der Waals surface area contributed by atoms with E-state index in [1.165, 1.54) is 6.26 Å². The molecule has 0 aliphatic carbocycles. The Morgan fingerprint density at radius 2 is 2.12 bits per heavy atom. The van der Waals surface area contributed by atoms with E-state index in [1.54, 1.807) is 12.4 Å². The van der Waals surface area contributed by atoms with Gasteiger partial charge in [-0.25, -0.2) is 8.42 Å². The Bertz CT molecular complexity index is 448. The molecule has 90 valence electrons. The zero-order valence-corrected chi connectivity index (χ0v) is 11.8. The molecule has 0 saturated carbocycles. The van der Waals surface area contributed by atoms with Crippen LogP contribution in [-0.4, -0.2) is 43.9 Å². The normalized spacial score (nSPS) is 12.0. The van der Waals surface area contributed by atoms with Crippen LogP contribution < -0.4 is 0 Å². The molecule has 0 aliphatic rings. The number of hydrogen-bond acceptors (Lipinski definition) is 4. The summed E-state index contributed by atoms with van der Waals surface area (Å²) in [6.45, 7) is 1.23. The highest BCUT2D eigenvalue weighted by Gasteiger charge is 2.06. The van der Waals surface area contributed by atoms with E-state index in [0.29, 0.717) is 13.1 Å². The lowest BCUT2D eigenvalue weighted by molar-refractivity contribution is 0.346. The summed E-state index contributed by atoms with van der Waals surface area (Å²) < 4.78 is 22.9. The van der Waals surface area contributed by atoms with Gasteiger partial charge in [-0.3, -0.25) is 4.98 Å². The molecule has 0 fully saturated rings. The van der Waals surface area contributed by atoms with Crippen LogP contribution in [0.25, 0.3) is 0 Å². The zero-order valence-electron chi connectivity index (χ0n) is 9.35. The minimum absolute atomic E-state index is 0.185. The van der Waals surface area contributed by atoms with Gasteiger partial charge in [-0.15, -0.1) is 0 Å². The molecule has 4 nitrogen and oxygen atoms in total. The lowest BCUT2D eigenvalue weighted by Crippen LogP contribution is -2.24. The molecule has 0 aromatic carbocycles. The average Bonchev–Trinajstić information content (AvgIpc) is 2.14. The molecular formula is C10H15BrN2O2S. The van der Waals surface area contributed by atoms with Crippen molar-refractivity contribution in [2.75, 3.05) is 25.6 Å². The second kappa shape index (κ2) is 5.75. The van der Waals surface area contributed by atoms with Crippen LogP contribution >= 0.6 is 15.9 Å². The molecule has 1 aromatic rings. The minimum Gasteiger partial charge on any atom is -0.301 e. The topological polar surface area (TPSA) is 50.3 Å². The van der Waals surface area contributed by atoms with Crippen molar-refractivity contribution >= 4 is 25.8 Å². The van der Waals surface area contributed by atoms with Gasteiger partial charge in [-0.1, -0.05) is 0 Å². The summed E-state index contributed by atoms with van der Waals surface area (Å²) in [7, 11) is -0.991. The molecule has 0 unspecified atom stereocenters. The molecule has 0 bridgehead atoms. The first kappa shape index (κ1) is 13.6. The number of pyridine rings is 1. The van der Waals surface area contributed by atoms with Gasteiger partial charge in [0.05, 0.1) is 5.75 Å². The number of hydrogen-bond donors (Lipinski definition) is 0. The summed E-state index contributed by atoms with van der Waals surface area (Å²) in [4.78, 5) is 6.02. The lowest BCUT2D eigenvalue weighted by atomic mass is 10.3. The summed E-state index contributed by atoms with van der Waals surface area (Å²) in [5.41, 5.74) is 1.06. The van der Waals surface area contributed by atoms with Crippen molar-refractivity contribution in [3.63, 3.8) is 0 Å². The molecule has 1 aromatic heterocycles. The van der Waals surface area contributed by atoms with Crippen LogP contribution in [0, 0.1) is 0 Å². The molecular weight excluding hydrogens is 292 g/mol. The predicted molar refractivity (Wildman–Crippen MR) is 68.0 cm³/mol. The maximum Gasteiger partial charge on any atom is 0.148 e. The molecule has 0 N–H and O–H groups in total. The van der Waals surface area contributed by atoms with Crippen molar-refractivity contribution in [2.45, 2.75) is 6.54 Å². The van der Waals surface area contributed by atoms with E-state index in [1.807, 2.05) is 18.0 Å². The molecule has 0 spiro atoms. The minimum atomic E-state index is -2.89. The van der Waals surface area contributed by atoms with E-state index in [-0.39, 0.29) is 5.75 Å². The maximum atomic E-state index is 11.0. The van der Waals surface area contributed by atoms with Crippen molar-refractivity contribution < 1.29 is 8.42 Å². The number of sulfone groups is 1. The smallest absolute Gasteiger partial charge is 0.148 e. The third-order valence-corrected chi connectivity index (χ3v) is 3.42. The second-order valence-electron chi connectivity index (χ2n) is 3.88. The summed E-state index contributed by atoms with van der Waals surface area (Å²) in [6, 6.07) is 1.98. The van der Waals surface area contributed by atoms with Gasteiger partial charge >= 0.3 is 0 Å². The monoisotopic (exact) mass is 306 g/mol. The van der Waals surface area contributed by atoms with Crippen LogP contribution in [0.1, 0.15) is 5.56 Å². The summed E-state index contributed by atoms with van der Waals surface area (Å²) in [5, 5.41) is 0. The first-order chi connectivity index (χ1) is 7.37. The van der Waals surface area contributed by atoms with E-state index in [0.717, 1.165) is 10.0 Å². The Kier molecular flexibility index (Phi) is 4.89. The van der Waals surface area contributed by atoms with Gasteiger partial charge in [-0.05, 0) is 34.6 Å². The lowest BCUT2D eigenvalue weighted by Gasteiger charge is -2.15. The van der Waals surface area contributed by atoms with Gasteiger partial charge < -0.3 is 4.90 Å². The van der Waals surface area contributed by atoms with Gasteiger partial charge in [0.1, 0.15) is 9.84 Å². The molecule has 1 heterocycles. The van der Waals surface area contributed by atoms with Gasteiger partial charge in [0.25, 0.3) is 0 Å². The fourth-order valence-electron chi connectivity index (χ4n) is 1.25. The van der Waals surface area contributed by atoms with E-state index in [2.05, 4.69) is 20.9 Å².